The molecule has 92 valence electrons. The average molecular weight is 259 g/mol. The molecule has 2 heterocycles. The van der Waals surface area contributed by atoms with Crippen LogP contribution < -0.4 is 10.5 Å². The lowest BCUT2D eigenvalue weighted by atomic mass is 10.2. The van der Waals surface area contributed by atoms with E-state index in [1.807, 2.05) is 47.2 Å². The summed E-state index contributed by atoms with van der Waals surface area (Å²) in [6.07, 6.45) is 1.96. The van der Waals surface area contributed by atoms with Crippen molar-refractivity contribution in [2.24, 2.45) is 5.73 Å². The number of ether oxygens (including phenoxy) is 1. The Morgan fingerprint density at radius 1 is 1.33 bits per heavy atom. The van der Waals surface area contributed by atoms with Crippen LogP contribution in [0.1, 0.15) is 11.3 Å². The predicted octanol–water partition coefficient (Wildman–Crippen LogP) is 2.96. The maximum Gasteiger partial charge on any atom is 0.243 e. The largest absolute Gasteiger partial charge is 0.437 e. The molecule has 0 radical (unpaired) electrons. The number of fused-ring (bicyclic) bond motifs is 1. The summed E-state index contributed by atoms with van der Waals surface area (Å²) in [5.41, 5.74) is 7.86. The highest BCUT2D eigenvalue weighted by atomic mass is 32.1. The van der Waals surface area contributed by atoms with Gasteiger partial charge in [0.25, 0.3) is 0 Å². The van der Waals surface area contributed by atoms with E-state index in [1.165, 1.54) is 5.56 Å². The summed E-state index contributed by atoms with van der Waals surface area (Å²) in [6.45, 7) is 2.45. The van der Waals surface area contributed by atoms with Gasteiger partial charge in [-0.3, -0.25) is 4.40 Å². The summed E-state index contributed by atoms with van der Waals surface area (Å²) in [7, 11) is 0. The molecule has 0 aliphatic heterocycles. The molecular weight excluding hydrogens is 246 g/mol. The van der Waals surface area contributed by atoms with Gasteiger partial charge in [0, 0.05) is 18.1 Å². The van der Waals surface area contributed by atoms with E-state index in [-0.39, 0.29) is 0 Å². The summed E-state index contributed by atoms with van der Waals surface area (Å²) < 4.78 is 7.76. The zero-order chi connectivity index (χ0) is 12.5. The molecule has 2 N–H and O–H groups in total. The number of nitrogens with zero attached hydrogens (tertiary/aromatic N) is 2. The van der Waals surface area contributed by atoms with Gasteiger partial charge in [-0.05, 0) is 19.1 Å². The van der Waals surface area contributed by atoms with Crippen molar-refractivity contribution in [3.8, 4) is 11.6 Å². The van der Waals surface area contributed by atoms with Crippen LogP contribution in [0.5, 0.6) is 11.6 Å². The van der Waals surface area contributed by atoms with Gasteiger partial charge in [-0.25, -0.2) is 0 Å². The molecule has 3 rings (SSSR count). The first kappa shape index (κ1) is 11.3. The van der Waals surface area contributed by atoms with Gasteiger partial charge in [0.15, 0.2) is 4.96 Å². The highest BCUT2D eigenvalue weighted by Crippen LogP contribution is 2.27. The van der Waals surface area contributed by atoms with E-state index < -0.39 is 0 Å². The number of nitrogens with two attached hydrogens (primary N) is 1. The summed E-state index contributed by atoms with van der Waals surface area (Å²) in [6, 6.07) is 7.89. The van der Waals surface area contributed by atoms with Crippen LogP contribution >= 0.6 is 11.3 Å². The number of benzene rings is 1. The lowest BCUT2D eigenvalue weighted by Gasteiger charge is -2.04. The van der Waals surface area contributed by atoms with Gasteiger partial charge >= 0.3 is 0 Å². The number of aryl methyl sites for hydroxylation is 1. The molecule has 0 saturated carbocycles. The number of hydrogen-bond acceptors (Lipinski definition) is 4. The Morgan fingerprint density at radius 2 is 2.11 bits per heavy atom. The molecule has 0 unspecified atom stereocenters. The first-order valence-corrected chi connectivity index (χ1v) is 6.55. The second-order valence-corrected chi connectivity index (χ2v) is 4.91. The van der Waals surface area contributed by atoms with Crippen LogP contribution in [0.15, 0.2) is 35.8 Å². The van der Waals surface area contributed by atoms with E-state index >= 15 is 0 Å². The average Bonchev–Trinajstić information content (AvgIpc) is 2.92. The Balaban J connectivity index is 1.98. The summed E-state index contributed by atoms with van der Waals surface area (Å²) in [4.78, 5) is 5.34. The monoisotopic (exact) mass is 259 g/mol. The summed E-state index contributed by atoms with van der Waals surface area (Å²) >= 11 is 1.57. The van der Waals surface area contributed by atoms with Gasteiger partial charge < -0.3 is 10.5 Å². The van der Waals surface area contributed by atoms with Crippen molar-refractivity contribution < 1.29 is 4.74 Å². The van der Waals surface area contributed by atoms with E-state index in [4.69, 9.17) is 10.5 Å². The maximum atomic E-state index is 5.79. The van der Waals surface area contributed by atoms with Crippen LogP contribution in [0.2, 0.25) is 0 Å². The van der Waals surface area contributed by atoms with Gasteiger partial charge in [0.1, 0.15) is 11.4 Å². The van der Waals surface area contributed by atoms with E-state index in [0.717, 1.165) is 16.4 Å². The molecule has 0 spiro atoms. The molecule has 1 aromatic carbocycles. The van der Waals surface area contributed by atoms with Crippen LogP contribution in [0.3, 0.4) is 0 Å². The van der Waals surface area contributed by atoms with E-state index in [9.17, 15) is 0 Å². The first-order chi connectivity index (χ1) is 8.78. The van der Waals surface area contributed by atoms with Gasteiger partial charge in [-0.15, -0.1) is 11.3 Å². The molecule has 0 aliphatic carbocycles. The molecule has 3 aromatic rings. The minimum atomic E-state index is 0.402. The topological polar surface area (TPSA) is 52.5 Å². The lowest BCUT2D eigenvalue weighted by molar-refractivity contribution is 0.459. The summed E-state index contributed by atoms with van der Waals surface area (Å²) in [5, 5.41) is 1.98. The molecule has 18 heavy (non-hydrogen) atoms. The van der Waals surface area contributed by atoms with Crippen LogP contribution in [0.25, 0.3) is 4.96 Å². The molecular formula is C13H13N3OS. The molecule has 4 nitrogen and oxygen atoms in total. The van der Waals surface area contributed by atoms with E-state index in [0.29, 0.717) is 12.4 Å². The molecule has 0 aliphatic rings. The zero-order valence-electron chi connectivity index (χ0n) is 9.96. The fraction of sp³-hybridized carbons (Fsp3) is 0.154. The van der Waals surface area contributed by atoms with Crippen molar-refractivity contribution in [1.29, 1.82) is 0 Å². The number of rotatable bonds is 3. The van der Waals surface area contributed by atoms with Gasteiger partial charge in [-0.2, -0.15) is 4.98 Å². The summed E-state index contributed by atoms with van der Waals surface area (Å²) in [5.74, 6) is 1.37. The lowest BCUT2D eigenvalue weighted by Crippen LogP contribution is -2.01. The fourth-order valence-electron chi connectivity index (χ4n) is 1.80. The highest BCUT2D eigenvalue weighted by molar-refractivity contribution is 7.15. The van der Waals surface area contributed by atoms with Crippen LogP contribution in [-0.2, 0) is 6.54 Å². The molecule has 0 fully saturated rings. The third-order valence-electron chi connectivity index (χ3n) is 2.75. The Bertz CT molecular complexity index is 669. The fourth-order valence-corrected chi connectivity index (χ4v) is 2.52. The molecule has 0 amide bonds. The number of aromatic nitrogens is 2. The van der Waals surface area contributed by atoms with Crippen molar-refractivity contribution in [1.82, 2.24) is 9.38 Å². The SMILES string of the molecule is Cc1ccc(Oc2nc3sccn3c2CN)cc1. The second-order valence-electron chi connectivity index (χ2n) is 4.04. The van der Waals surface area contributed by atoms with Crippen molar-refractivity contribution in [2.75, 3.05) is 0 Å². The van der Waals surface area contributed by atoms with E-state index in [1.54, 1.807) is 11.3 Å². The Labute approximate surface area is 109 Å². The number of thiazole rings is 1. The zero-order valence-corrected chi connectivity index (χ0v) is 10.8. The van der Waals surface area contributed by atoms with E-state index in [2.05, 4.69) is 4.98 Å². The van der Waals surface area contributed by atoms with Crippen molar-refractivity contribution in [3.05, 3.63) is 47.1 Å². The minimum absolute atomic E-state index is 0.402. The van der Waals surface area contributed by atoms with Crippen molar-refractivity contribution >= 4 is 16.3 Å². The first-order valence-electron chi connectivity index (χ1n) is 5.67. The third kappa shape index (κ3) is 1.87. The van der Waals surface area contributed by atoms with Gasteiger partial charge in [0.05, 0.1) is 0 Å². The van der Waals surface area contributed by atoms with Crippen molar-refractivity contribution in [3.63, 3.8) is 0 Å². The minimum Gasteiger partial charge on any atom is -0.437 e. The van der Waals surface area contributed by atoms with Crippen LogP contribution in [-0.4, -0.2) is 9.38 Å². The third-order valence-corrected chi connectivity index (χ3v) is 3.51. The van der Waals surface area contributed by atoms with Crippen LogP contribution in [0, 0.1) is 6.92 Å². The molecule has 0 bridgehead atoms. The second kappa shape index (κ2) is 4.44. The van der Waals surface area contributed by atoms with Crippen molar-refractivity contribution in [2.45, 2.75) is 13.5 Å². The molecule has 2 aromatic heterocycles. The molecule has 0 atom stereocenters. The maximum absolute atomic E-state index is 5.79. The number of imidazole rings is 1. The quantitative estimate of drug-likeness (QED) is 0.786. The Kier molecular flexibility index (Phi) is 2.77. The standard InChI is InChI=1S/C13H13N3OS/c1-9-2-4-10(5-3-9)17-12-11(8-14)16-6-7-18-13(16)15-12/h2-7H,8,14H2,1H3. The molecule has 0 saturated heterocycles. The predicted molar refractivity (Wildman–Crippen MR) is 72.2 cm³/mol. The van der Waals surface area contributed by atoms with Gasteiger partial charge in [-0.1, -0.05) is 17.7 Å². The van der Waals surface area contributed by atoms with Crippen LogP contribution in [0.4, 0.5) is 0 Å². The Hall–Kier alpha value is -1.85. The smallest absolute Gasteiger partial charge is 0.243 e. The normalized spacial score (nSPS) is 11.0. The Morgan fingerprint density at radius 3 is 2.83 bits per heavy atom. The highest BCUT2D eigenvalue weighted by Gasteiger charge is 2.13. The number of hydrogen-bond donors (Lipinski definition) is 1. The van der Waals surface area contributed by atoms with Gasteiger partial charge in [0.2, 0.25) is 5.88 Å². The molecule has 5 heteroatoms.